The van der Waals surface area contributed by atoms with Crippen LogP contribution in [0.4, 0.5) is 0 Å². The van der Waals surface area contributed by atoms with Gasteiger partial charge in [-0.15, -0.1) is 0 Å². The Kier molecular flexibility index (Phi) is 7.55. The summed E-state index contributed by atoms with van der Waals surface area (Å²) >= 11 is 1.18. The van der Waals surface area contributed by atoms with Gasteiger partial charge in [0.25, 0.3) is 0 Å². The Labute approximate surface area is 174 Å². The normalized spacial score (nSPS) is 21.4. The highest BCUT2D eigenvalue weighted by atomic mass is 32.2. The minimum atomic E-state index is -0.332. The van der Waals surface area contributed by atoms with E-state index in [2.05, 4.69) is 16.7 Å². The lowest BCUT2D eigenvalue weighted by atomic mass is 9.87. The Hall–Kier alpha value is -2.50. The summed E-state index contributed by atoms with van der Waals surface area (Å²) in [6, 6.07) is 9.66. The molecule has 1 aromatic carbocycles. The summed E-state index contributed by atoms with van der Waals surface area (Å²) in [4.78, 5) is 24.4. The van der Waals surface area contributed by atoms with E-state index in [0.717, 1.165) is 30.8 Å². The minimum absolute atomic E-state index is 0.0799. The lowest BCUT2D eigenvalue weighted by molar-refractivity contribution is -0.121. The van der Waals surface area contributed by atoms with Crippen LogP contribution >= 0.6 is 11.8 Å². The fraction of sp³-hybridized carbons (Fsp3) is 0.476. The number of carbonyl (C=O) groups excluding carboxylic acids is 2. The van der Waals surface area contributed by atoms with Gasteiger partial charge in [0.05, 0.1) is 35.1 Å². The van der Waals surface area contributed by atoms with E-state index in [1.165, 1.54) is 11.8 Å². The molecule has 1 aromatic rings. The van der Waals surface area contributed by atoms with Crippen LogP contribution in [0.2, 0.25) is 0 Å². The molecule has 2 N–H and O–H groups in total. The summed E-state index contributed by atoms with van der Waals surface area (Å²) in [5.74, 6) is 0.236. The van der Waals surface area contributed by atoms with E-state index in [0.29, 0.717) is 23.8 Å². The standard InChI is InChI=1S/C21H25N3O4S/c1-2-27-15-7-5-14(6-8-15)17-10-19(25)24-21(18(17)11-22)29-13-20(26)23-12-16-4-3-9-28-16/h5-8,16-17H,2-4,9-10,12-13H2,1H3,(H,23,26)(H,24,25)/t16-,17-/m0/s1. The third-order valence-electron chi connectivity index (χ3n) is 4.85. The average molecular weight is 416 g/mol. The van der Waals surface area contributed by atoms with Crippen LogP contribution in [0.3, 0.4) is 0 Å². The maximum Gasteiger partial charge on any atom is 0.230 e. The van der Waals surface area contributed by atoms with Crippen LogP contribution in [0.15, 0.2) is 34.9 Å². The third-order valence-corrected chi connectivity index (χ3v) is 5.87. The molecule has 2 heterocycles. The molecule has 0 aliphatic carbocycles. The number of carbonyl (C=O) groups is 2. The average Bonchev–Trinajstić information content (AvgIpc) is 3.25. The van der Waals surface area contributed by atoms with Crippen molar-refractivity contribution >= 4 is 23.6 Å². The molecule has 8 heteroatoms. The molecule has 1 fully saturated rings. The molecule has 2 amide bonds. The predicted molar refractivity (Wildman–Crippen MR) is 110 cm³/mol. The van der Waals surface area contributed by atoms with Crippen molar-refractivity contribution in [2.24, 2.45) is 0 Å². The third kappa shape index (κ3) is 5.75. The van der Waals surface area contributed by atoms with Crippen molar-refractivity contribution in [3.63, 3.8) is 0 Å². The van der Waals surface area contributed by atoms with Gasteiger partial charge in [0, 0.05) is 25.5 Å². The van der Waals surface area contributed by atoms with Gasteiger partial charge in [0.15, 0.2) is 0 Å². The molecule has 1 saturated heterocycles. The van der Waals surface area contributed by atoms with Crippen LogP contribution in [0.5, 0.6) is 5.75 Å². The summed E-state index contributed by atoms with van der Waals surface area (Å²) in [5.41, 5.74) is 1.35. The van der Waals surface area contributed by atoms with E-state index in [4.69, 9.17) is 9.47 Å². The van der Waals surface area contributed by atoms with E-state index in [9.17, 15) is 14.9 Å². The summed E-state index contributed by atoms with van der Waals surface area (Å²) in [5, 5.41) is 15.8. The minimum Gasteiger partial charge on any atom is -0.494 e. The van der Waals surface area contributed by atoms with Crippen LogP contribution in [-0.2, 0) is 14.3 Å². The van der Waals surface area contributed by atoms with Crippen molar-refractivity contribution in [2.75, 3.05) is 25.5 Å². The van der Waals surface area contributed by atoms with Crippen LogP contribution in [0.1, 0.15) is 37.7 Å². The molecule has 0 unspecified atom stereocenters. The number of hydrogen-bond acceptors (Lipinski definition) is 6. The Morgan fingerprint density at radius 1 is 1.41 bits per heavy atom. The van der Waals surface area contributed by atoms with Crippen LogP contribution in [-0.4, -0.2) is 43.4 Å². The zero-order chi connectivity index (χ0) is 20.6. The highest BCUT2D eigenvalue weighted by molar-refractivity contribution is 8.03. The van der Waals surface area contributed by atoms with Crippen molar-refractivity contribution in [1.29, 1.82) is 5.26 Å². The molecule has 0 saturated carbocycles. The summed E-state index contributed by atoms with van der Waals surface area (Å²) in [6.45, 7) is 3.72. The van der Waals surface area contributed by atoms with Crippen molar-refractivity contribution < 1.29 is 19.1 Å². The van der Waals surface area contributed by atoms with E-state index < -0.39 is 0 Å². The van der Waals surface area contributed by atoms with Crippen LogP contribution < -0.4 is 15.4 Å². The van der Waals surface area contributed by atoms with Gasteiger partial charge in [0.2, 0.25) is 11.8 Å². The Bertz CT molecular complexity index is 810. The number of nitrogens with one attached hydrogen (secondary N) is 2. The van der Waals surface area contributed by atoms with Gasteiger partial charge in [0.1, 0.15) is 5.75 Å². The lowest BCUT2D eigenvalue weighted by Crippen LogP contribution is -2.34. The first-order chi connectivity index (χ1) is 14.1. The van der Waals surface area contributed by atoms with Crippen LogP contribution in [0.25, 0.3) is 0 Å². The highest BCUT2D eigenvalue weighted by Crippen LogP contribution is 2.36. The Morgan fingerprint density at radius 3 is 2.86 bits per heavy atom. The quantitative estimate of drug-likeness (QED) is 0.676. The fourth-order valence-corrected chi connectivity index (χ4v) is 4.31. The number of amides is 2. The van der Waals surface area contributed by atoms with Crippen molar-refractivity contribution in [2.45, 2.75) is 38.2 Å². The maximum absolute atomic E-state index is 12.2. The molecular weight excluding hydrogens is 390 g/mol. The van der Waals surface area contributed by atoms with E-state index >= 15 is 0 Å². The zero-order valence-corrected chi connectivity index (χ0v) is 17.2. The number of thioether (sulfide) groups is 1. The molecule has 154 valence electrons. The summed E-state index contributed by atoms with van der Waals surface area (Å²) in [6.07, 6.45) is 2.26. The molecule has 2 aliphatic heterocycles. The zero-order valence-electron chi connectivity index (χ0n) is 16.4. The molecule has 0 spiro atoms. The van der Waals surface area contributed by atoms with Crippen molar-refractivity contribution in [3.05, 3.63) is 40.4 Å². The molecule has 0 radical (unpaired) electrons. The first-order valence-electron chi connectivity index (χ1n) is 9.78. The number of ether oxygens (including phenoxy) is 2. The number of nitriles is 1. The summed E-state index contributed by atoms with van der Waals surface area (Å²) in [7, 11) is 0. The monoisotopic (exact) mass is 415 g/mol. The Morgan fingerprint density at radius 2 is 2.21 bits per heavy atom. The SMILES string of the molecule is CCOc1ccc([C@@H]2CC(=O)NC(SCC(=O)NC[C@@H]3CCCO3)=C2C#N)cc1. The van der Waals surface area contributed by atoms with E-state index in [1.54, 1.807) is 0 Å². The van der Waals surface area contributed by atoms with Crippen LogP contribution in [0, 0.1) is 11.3 Å². The number of nitrogens with zero attached hydrogens (tertiary/aromatic N) is 1. The van der Waals surface area contributed by atoms with Gasteiger partial charge in [-0.3, -0.25) is 9.59 Å². The first kappa shape index (κ1) is 21.2. The topological polar surface area (TPSA) is 100 Å². The lowest BCUT2D eigenvalue weighted by Gasteiger charge is -2.25. The van der Waals surface area contributed by atoms with Gasteiger partial charge in [-0.2, -0.15) is 5.26 Å². The largest absolute Gasteiger partial charge is 0.494 e. The molecule has 2 aliphatic rings. The van der Waals surface area contributed by atoms with E-state index in [-0.39, 0.29) is 36.0 Å². The number of hydrogen-bond donors (Lipinski definition) is 2. The smallest absolute Gasteiger partial charge is 0.230 e. The molecule has 0 bridgehead atoms. The van der Waals surface area contributed by atoms with Gasteiger partial charge in [-0.25, -0.2) is 0 Å². The van der Waals surface area contributed by atoms with E-state index in [1.807, 2.05) is 31.2 Å². The first-order valence-corrected chi connectivity index (χ1v) is 10.8. The van der Waals surface area contributed by atoms with Crippen molar-refractivity contribution in [3.8, 4) is 11.8 Å². The molecule has 3 rings (SSSR count). The van der Waals surface area contributed by atoms with Gasteiger partial charge >= 0.3 is 0 Å². The molecule has 7 nitrogen and oxygen atoms in total. The van der Waals surface area contributed by atoms with Gasteiger partial charge in [-0.1, -0.05) is 23.9 Å². The summed E-state index contributed by atoms with van der Waals surface area (Å²) < 4.78 is 10.9. The van der Waals surface area contributed by atoms with Crippen molar-refractivity contribution in [1.82, 2.24) is 10.6 Å². The van der Waals surface area contributed by atoms with Gasteiger partial charge < -0.3 is 20.1 Å². The fourth-order valence-electron chi connectivity index (χ4n) is 3.40. The molecular formula is C21H25N3O4S. The Balaban J connectivity index is 1.65. The molecule has 29 heavy (non-hydrogen) atoms. The molecule has 2 atom stereocenters. The molecule has 0 aromatic heterocycles. The number of rotatable bonds is 8. The van der Waals surface area contributed by atoms with Gasteiger partial charge in [-0.05, 0) is 37.5 Å². The second kappa shape index (κ2) is 10.3. The number of allylic oxidation sites excluding steroid dienone is 1. The second-order valence-corrected chi connectivity index (χ2v) is 7.87. The highest BCUT2D eigenvalue weighted by Gasteiger charge is 2.30. The predicted octanol–water partition coefficient (Wildman–Crippen LogP) is 2.45. The second-order valence-electron chi connectivity index (χ2n) is 6.89. The maximum atomic E-state index is 12.2. The number of benzene rings is 1.